The van der Waals surface area contributed by atoms with Gasteiger partial charge in [0, 0.05) is 23.3 Å². The zero-order chi connectivity index (χ0) is 26.6. The second kappa shape index (κ2) is 10.7. The lowest BCUT2D eigenvalue weighted by atomic mass is 9.96. The van der Waals surface area contributed by atoms with E-state index in [9.17, 15) is 9.90 Å². The van der Waals surface area contributed by atoms with Gasteiger partial charge in [-0.25, -0.2) is 0 Å². The number of aromatic nitrogens is 1. The van der Waals surface area contributed by atoms with Crippen LogP contribution in [0.25, 0.3) is 22.0 Å². The number of aliphatic hydroxyl groups is 1. The number of nitrogens with two attached hydrogens (primary N) is 1. The van der Waals surface area contributed by atoms with Gasteiger partial charge in [-0.2, -0.15) is 0 Å². The van der Waals surface area contributed by atoms with E-state index in [0.29, 0.717) is 17.0 Å². The standard InChI is InChI=1S/C32H29N3O3/c1-20-14-23(15-21-6-10-24(11-7-21)25-12-8-22(19-36)9-13-25)16-28-30(20)34-18-29(32(33)37)31(28)35-26-4-3-5-27(17-26)38-2/h3-14,16-18,36H,15,19H2,1-2H3,(H2,33,37)(H,34,35). The average molecular weight is 504 g/mol. The highest BCUT2D eigenvalue weighted by Gasteiger charge is 2.16. The fourth-order valence-electron chi connectivity index (χ4n) is 4.68. The quantitative estimate of drug-likeness (QED) is 0.236. The van der Waals surface area contributed by atoms with Crippen molar-refractivity contribution in [3.8, 4) is 16.9 Å². The Balaban J connectivity index is 1.50. The number of amides is 1. The predicted molar refractivity (Wildman–Crippen MR) is 152 cm³/mol. The second-order valence-corrected chi connectivity index (χ2v) is 9.31. The molecule has 1 heterocycles. The zero-order valence-corrected chi connectivity index (χ0v) is 21.4. The number of methoxy groups -OCH3 is 1. The van der Waals surface area contributed by atoms with Crippen LogP contribution >= 0.6 is 0 Å². The van der Waals surface area contributed by atoms with Gasteiger partial charge in [0.2, 0.25) is 0 Å². The van der Waals surface area contributed by atoms with E-state index in [-0.39, 0.29) is 6.61 Å². The van der Waals surface area contributed by atoms with Crippen LogP contribution in [0, 0.1) is 6.92 Å². The summed E-state index contributed by atoms with van der Waals surface area (Å²) >= 11 is 0. The van der Waals surface area contributed by atoms with Crippen molar-refractivity contribution < 1.29 is 14.6 Å². The van der Waals surface area contributed by atoms with Crippen LogP contribution in [-0.4, -0.2) is 23.1 Å². The van der Waals surface area contributed by atoms with Crippen LogP contribution in [0.3, 0.4) is 0 Å². The number of anilines is 2. The number of nitrogens with one attached hydrogen (secondary N) is 1. The molecule has 4 N–H and O–H groups in total. The third kappa shape index (κ3) is 5.21. The number of nitrogens with zero attached hydrogens (tertiary/aromatic N) is 1. The van der Waals surface area contributed by atoms with Gasteiger partial charge in [-0.3, -0.25) is 9.78 Å². The molecule has 0 fully saturated rings. The van der Waals surface area contributed by atoms with Gasteiger partial charge in [0.15, 0.2) is 0 Å². The number of aliphatic hydroxyl groups excluding tert-OH is 1. The average Bonchev–Trinajstić information content (AvgIpc) is 2.94. The number of hydrogen-bond donors (Lipinski definition) is 3. The highest BCUT2D eigenvalue weighted by molar-refractivity contribution is 6.08. The summed E-state index contributed by atoms with van der Waals surface area (Å²) in [5.41, 5.74) is 14.7. The van der Waals surface area contributed by atoms with Crippen LogP contribution in [0.2, 0.25) is 0 Å². The maximum atomic E-state index is 12.3. The molecule has 0 aliphatic rings. The lowest BCUT2D eigenvalue weighted by Gasteiger charge is -2.16. The molecule has 5 aromatic rings. The Bertz CT molecular complexity index is 1610. The zero-order valence-electron chi connectivity index (χ0n) is 21.4. The number of hydrogen-bond acceptors (Lipinski definition) is 5. The maximum Gasteiger partial charge on any atom is 0.252 e. The Morgan fingerprint density at radius 3 is 2.24 bits per heavy atom. The number of carbonyl (C=O) groups excluding carboxylic acids is 1. The third-order valence-electron chi connectivity index (χ3n) is 6.66. The van der Waals surface area contributed by atoms with E-state index in [1.54, 1.807) is 7.11 Å². The molecule has 0 aliphatic heterocycles. The first-order valence-corrected chi connectivity index (χ1v) is 12.4. The molecule has 0 unspecified atom stereocenters. The van der Waals surface area contributed by atoms with Crippen LogP contribution in [0.4, 0.5) is 11.4 Å². The Labute approximate surface area is 221 Å². The van der Waals surface area contributed by atoms with E-state index in [0.717, 1.165) is 50.8 Å². The first-order chi connectivity index (χ1) is 18.4. The molecule has 5 rings (SSSR count). The van der Waals surface area contributed by atoms with Gasteiger partial charge >= 0.3 is 0 Å². The normalized spacial score (nSPS) is 10.9. The van der Waals surface area contributed by atoms with Gasteiger partial charge < -0.3 is 20.9 Å². The minimum Gasteiger partial charge on any atom is -0.497 e. The van der Waals surface area contributed by atoms with E-state index in [2.05, 4.69) is 46.7 Å². The summed E-state index contributed by atoms with van der Waals surface area (Å²) in [5.74, 6) is 0.161. The van der Waals surface area contributed by atoms with Crippen molar-refractivity contribution in [2.75, 3.05) is 12.4 Å². The largest absolute Gasteiger partial charge is 0.497 e. The second-order valence-electron chi connectivity index (χ2n) is 9.31. The Kier molecular flexibility index (Phi) is 7.07. The smallest absolute Gasteiger partial charge is 0.252 e. The van der Waals surface area contributed by atoms with Crippen LogP contribution < -0.4 is 15.8 Å². The first-order valence-electron chi connectivity index (χ1n) is 12.4. The summed E-state index contributed by atoms with van der Waals surface area (Å²) in [7, 11) is 1.62. The van der Waals surface area contributed by atoms with Gasteiger partial charge in [0.05, 0.1) is 30.5 Å². The molecule has 0 radical (unpaired) electrons. The Hall–Kier alpha value is -4.68. The molecule has 0 bridgehead atoms. The van der Waals surface area contributed by atoms with Crippen LogP contribution in [-0.2, 0) is 13.0 Å². The van der Waals surface area contributed by atoms with Crippen LogP contribution in [0.5, 0.6) is 5.75 Å². The fourth-order valence-corrected chi connectivity index (χ4v) is 4.68. The van der Waals surface area contributed by atoms with Crippen molar-refractivity contribution in [2.45, 2.75) is 20.0 Å². The summed E-state index contributed by atoms with van der Waals surface area (Å²) in [6.07, 6.45) is 2.26. The molecule has 0 saturated carbocycles. The van der Waals surface area contributed by atoms with Gasteiger partial charge in [0.25, 0.3) is 5.91 Å². The maximum absolute atomic E-state index is 12.3. The van der Waals surface area contributed by atoms with E-state index >= 15 is 0 Å². The number of fused-ring (bicyclic) bond motifs is 1. The molecular weight excluding hydrogens is 474 g/mol. The molecule has 190 valence electrons. The van der Waals surface area contributed by atoms with Gasteiger partial charge in [0.1, 0.15) is 5.75 Å². The number of primary amides is 1. The molecule has 0 saturated heterocycles. The molecular formula is C32H29N3O3. The number of pyridine rings is 1. The van der Waals surface area contributed by atoms with Gasteiger partial charge in [-0.1, -0.05) is 60.7 Å². The summed E-state index contributed by atoms with van der Waals surface area (Å²) in [6.45, 7) is 2.06. The number of ether oxygens (including phenoxy) is 1. The van der Waals surface area contributed by atoms with Gasteiger partial charge in [-0.15, -0.1) is 0 Å². The predicted octanol–water partition coefficient (Wildman–Crippen LogP) is 6.14. The van der Waals surface area contributed by atoms with E-state index in [1.807, 2.05) is 55.5 Å². The monoisotopic (exact) mass is 503 g/mol. The highest BCUT2D eigenvalue weighted by Crippen LogP contribution is 2.33. The Morgan fingerprint density at radius 1 is 0.921 bits per heavy atom. The topological polar surface area (TPSA) is 97.5 Å². The fraction of sp³-hybridized carbons (Fsp3) is 0.125. The highest BCUT2D eigenvalue weighted by atomic mass is 16.5. The van der Waals surface area contributed by atoms with Crippen molar-refractivity contribution in [2.24, 2.45) is 5.73 Å². The number of aryl methyl sites for hydroxylation is 1. The van der Waals surface area contributed by atoms with Crippen molar-refractivity contribution in [3.63, 3.8) is 0 Å². The SMILES string of the molecule is COc1cccc(Nc2c(C(N)=O)cnc3c(C)cc(Cc4ccc(-c5ccc(CO)cc5)cc4)cc23)c1. The van der Waals surface area contributed by atoms with Crippen LogP contribution in [0.1, 0.15) is 32.6 Å². The van der Waals surface area contributed by atoms with E-state index < -0.39 is 5.91 Å². The lowest BCUT2D eigenvalue weighted by Crippen LogP contribution is -2.14. The minimum atomic E-state index is -0.546. The third-order valence-corrected chi connectivity index (χ3v) is 6.66. The molecule has 0 atom stereocenters. The van der Waals surface area contributed by atoms with Crippen molar-refractivity contribution in [1.82, 2.24) is 4.98 Å². The summed E-state index contributed by atoms with van der Waals surface area (Å²) < 4.78 is 5.36. The number of benzene rings is 4. The summed E-state index contributed by atoms with van der Waals surface area (Å²) in [4.78, 5) is 16.9. The lowest BCUT2D eigenvalue weighted by molar-refractivity contribution is 0.100. The summed E-state index contributed by atoms with van der Waals surface area (Å²) in [6, 6.07) is 28.1. The Morgan fingerprint density at radius 2 is 1.61 bits per heavy atom. The van der Waals surface area contributed by atoms with Crippen molar-refractivity contribution in [1.29, 1.82) is 0 Å². The first kappa shape index (κ1) is 25.0. The molecule has 0 spiro atoms. The number of carbonyl (C=O) groups is 1. The number of rotatable bonds is 8. The van der Waals surface area contributed by atoms with Gasteiger partial charge in [-0.05, 0) is 64.9 Å². The van der Waals surface area contributed by atoms with E-state index in [4.69, 9.17) is 10.5 Å². The minimum absolute atomic E-state index is 0.0393. The van der Waals surface area contributed by atoms with Crippen molar-refractivity contribution >= 4 is 28.2 Å². The molecule has 0 aliphatic carbocycles. The molecule has 1 amide bonds. The summed E-state index contributed by atoms with van der Waals surface area (Å²) in [5, 5.41) is 13.5. The molecule has 1 aromatic heterocycles. The van der Waals surface area contributed by atoms with E-state index in [1.165, 1.54) is 11.8 Å². The van der Waals surface area contributed by atoms with Crippen LogP contribution in [0.15, 0.2) is 91.1 Å². The molecule has 6 nitrogen and oxygen atoms in total. The molecule has 6 heteroatoms. The molecule has 4 aromatic carbocycles. The van der Waals surface area contributed by atoms with Crippen molar-refractivity contribution in [3.05, 3.63) is 119 Å². The molecule has 38 heavy (non-hydrogen) atoms.